The molecular formula is C20H21N4O4S2. The smallest absolute Gasteiger partial charge is 0.353 e. The third kappa shape index (κ3) is 4.82. The number of rotatable bonds is 6. The monoisotopic (exact) mass is 445 g/mol. The molecular weight excluding hydrogens is 424 g/mol. The topological polar surface area (TPSA) is 117 Å². The predicted molar refractivity (Wildman–Crippen MR) is 118 cm³/mol. The number of ether oxygens (including phenoxy) is 1. The van der Waals surface area contributed by atoms with Gasteiger partial charge in [-0.1, -0.05) is 5.16 Å². The van der Waals surface area contributed by atoms with Crippen molar-refractivity contribution in [1.29, 1.82) is 0 Å². The van der Waals surface area contributed by atoms with E-state index in [0.717, 1.165) is 10.9 Å². The van der Waals surface area contributed by atoms with Crippen molar-refractivity contribution in [1.82, 2.24) is 9.97 Å². The number of Topliss-reactive ketones (excluding diaryl/α,β-unsaturated/α-hetero) is 1. The van der Waals surface area contributed by atoms with Gasteiger partial charge in [0.25, 0.3) is 0 Å². The number of nitrogens with two attached hydrogens (primary N) is 1. The fourth-order valence-corrected chi connectivity index (χ4v) is 3.63. The summed E-state index contributed by atoms with van der Waals surface area (Å²) in [5.41, 5.74) is 8.64. The summed E-state index contributed by atoms with van der Waals surface area (Å²) >= 11 is 2.61. The lowest BCUT2D eigenvalue weighted by Gasteiger charge is -2.26. The molecule has 2 heterocycles. The van der Waals surface area contributed by atoms with Gasteiger partial charge in [0.05, 0.1) is 15.9 Å². The van der Waals surface area contributed by atoms with Gasteiger partial charge in [-0.15, -0.1) is 22.7 Å². The molecule has 0 saturated carbocycles. The number of ketones is 1. The molecule has 8 nitrogen and oxygen atoms in total. The molecule has 0 spiro atoms. The Morgan fingerprint density at radius 3 is 2.60 bits per heavy atom. The second-order valence-corrected chi connectivity index (χ2v) is 9.63. The van der Waals surface area contributed by atoms with Crippen LogP contribution in [0.3, 0.4) is 0 Å². The highest BCUT2D eigenvalue weighted by Gasteiger charge is 2.35. The number of fused-ring (bicyclic) bond motifs is 1. The Labute approximate surface area is 181 Å². The fraction of sp³-hybridized carbons (Fsp3) is 0.350. The highest BCUT2D eigenvalue weighted by atomic mass is 32.1. The van der Waals surface area contributed by atoms with Crippen molar-refractivity contribution in [2.45, 2.75) is 45.8 Å². The lowest BCUT2D eigenvalue weighted by atomic mass is 10.0. The maximum absolute atomic E-state index is 12.9. The average molecular weight is 446 g/mol. The molecule has 0 bridgehead atoms. The number of benzene rings is 1. The van der Waals surface area contributed by atoms with E-state index >= 15 is 0 Å². The first-order valence-corrected chi connectivity index (χ1v) is 10.7. The molecule has 0 atom stereocenters. The second kappa shape index (κ2) is 8.11. The Bertz CT molecular complexity index is 1130. The van der Waals surface area contributed by atoms with Gasteiger partial charge in [-0.2, -0.15) is 0 Å². The maximum Gasteiger partial charge on any atom is 0.353 e. The van der Waals surface area contributed by atoms with Crippen molar-refractivity contribution < 1.29 is 19.2 Å². The minimum Gasteiger partial charge on any atom is -0.457 e. The molecule has 2 aromatic heterocycles. The standard InChI is InChI=1S/C20H21N4O4S2/c1-19(2,3)27-17(26)20(4,5)28-23-8-13(25)11-6-7-14-16(22-10-30-14)15(11)12-9-29-18(21)24-12/h6-9H,1-5H3,(H2,21,24)/b23-8-. The van der Waals surface area contributed by atoms with Crippen LogP contribution in [0.1, 0.15) is 45.0 Å². The van der Waals surface area contributed by atoms with Gasteiger partial charge in [0.2, 0.25) is 11.4 Å². The number of hydrogen-bond acceptors (Lipinski definition) is 10. The van der Waals surface area contributed by atoms with Crippen LogP contribution in [-0.2, 0) is 14.4 Å². The van der Waals surface area contributed by atoms with Gasteiger partial charge < -0.3 is 15.3 Å². The van der Waals surface area contributed by atoms with Gasteiger partial charge in [0.1, 0.15) is 11.8 Å². The van der Waals surface area contributed by atoms with E-state index in [-0.39, 0.29) is 0 Å². The Morgan fingerprint density at radius 2 is 1.97 bits per heavy atom. The molecule has 10 heteroatoms. The molecule has 30 heavy (non-hydrogen) atoms. The van der Waals surface area contributed by atoms with Crippen LogP contribution in [0.25, 0.3) is 21.5 Å². The lowest BCUT2D eigenvalue weighted by Crippen LogP contribution is -2.39. The van der Waals surface area contributed by atoms with Gasteiger partial charge in [-0.05, 0) is 46.8 Å². The molecule has 0 aliphatic carbocycles. The van der Waals surface area contributed by atoms with Crippen LogP contribution in [0.4, 0.5) is 5.13 Å². The van der Waals surface area contributed by atoms with Gasteiger partial charge in [-0.3, -0.25) is 4.79 Å². The van der Waals surface area contributed by atoms with Crippen molar-refractivity contribution in [2.75, 3.05) is 5.73 Å². The number of esters is 1. The summed E-state index contributed by atoms with van der Waals surface area (Å²) in [7, 11) is 0. The van der Waals surface area contributed by atoms with E-state index in [2.05, 4.69) is 20.6 Å². The number of carbonyl (C=O) groups is 2. The van der Waals surface area contributed by atoms with Crippen LogP contribution in [-0.4, -0.2) is 39.1 Å². The number of hydrogen-bond donors (Lipinski definition) is 1. The number of oxime groups is 1. The number of aromatic nitrogens is 2. The first-order valence-electron chi connectivity index (χ1n) is 8.98. The SMILES string of the molecule is CC(C)(C)OC(=O)C(C)(C)O/N=C\C(=O)c1ccc2s[c]nc2c1-c1csc(N)n1. The molecule has 157 valence electrons. The summed E-state index contributed by atoms with van der Waals surface area (Å²) in [6.07, 6.45) is 1.02. The van der Waals surface area contributed by atoms with Crippen molar-refractivity contribution in [2.24, 2.45) is 5.16 Å². The molecule has 0 unspecified atom stereocenters. The Balaban J connectivity index is 1.86. The summed E-state index contributed by atoms with van der Waals surface area (Å²) in [6.45, 7) is 8.30. The third-order valence-electron chi connectivity index (χ3n) is 3.84. The molecule has 0 aliphatic heterocycles. The van der Waals surface area contributed by atoms with E-state index < -0.39 is 23.0 Å². The zero-order chi connectivity index (χ0) is 22.1. The molecule has 0 amide bonds. The molecule has 0 fully saturated rings. The summed E-state index contributed by atoms with van der Waals surface area (Å²) in [4.78, 5) is 38.9. The van der Waals surface area contributed by atoms with Gasteiger partial charge >= 0.3 is 5.97 Å². The van der Waals surface area contributed by atoms with Crippen molar-refractivity contribution in [3.8, 4) is 11.3 Å². The molecule has 2 N–H and O–H groups in total. The highest BCUT2D eigenvalue weighted by molar-refractivity contribution is 7.16. The predicted octanol–water partition coefficient (Wildman–Crippen LogP) is 4.11. The first kappa shape index (κ1) is 21.8. The summed E-state index contributed by atoms with van der Waals surface area (Å²) in [5, 5.41) is 5.88. The minimum absolute atomic E-state index is 0.342. The first-order chi connectivity index (χ1) is 14.0. The van der Waals surface area contributed by atoms with Gasteiger partial charge in [0, 0.05) is 16.5 Å². The van der Waals surface area contributed by atoms with Crippen LogP contribution in [0, 0.1) is 5.51 Å². The number of anilines is 1. The number of nitrogen functional groups attached to an aromatic ring is 1. The summed E-state index contributed by atoms with van der Waals surface area (Å²) in [5.74, 6) is -1.01. The van der Waals surface area contributed by atoms with E-state index in [1.165, 1.54) is 36.5 Å². The second-order valence-electron chi connectivity index (χ2n) is 7.91. The van der Waals surface area contributed by atoms with Crippen LogP contribution in [0.2, 0.25) is 0 Å². The Hall–Kier alpha value is -2.85. The van der Waals surface area contributed by atoms with E-state index in [1.807, 2.05) is 0 Å². The zero-order valence-corrected chi connectivity index (χ0v) is 18.8. The highest BCUT2D eigenvalue weighted by Crippen LogP contribution is 2.34. The number of carbonyl (C=O) groups excluding carboxylic acids is 2. The molecule has 3 rings (SSSR count). The quantitative estimate of drug-likeness (QED) is 0.263. The molecule has 1 radical (unpaired) electrons. The van der Waals surface area contributed by atoms with Gasteiger partial charge in [0.15, 0.2) is 10.6 Å². The molecule has 0 aliphatic rings. The normalized spacial score (nSPS) is 12.4. The zero-order valence-electron chi connectivity index (χ0n) is 17.2. The van der Waals surface area contributed by atoms with E-state index in [1.54, 1.807) is 38.3 Å². The average Bonchev–Trinajstić information content (AvgIpc) is 3.27. The Morgan fingerprint density at radius 1 is 1.23 bits per heavy atom. The molecule has 0 saturated heterocycles. The van der Waals surface area contributed by atoms with E-state index in [9.17, 15) is 9.59 Å². The summed E-state index contributed by atoms with van der Waals surface area (Å²) in [6, 6.07) is 3.46. The minimum atomic E-state index is -1.36. The fourth-order valence-electron chi connectivity index (χ4n) is 2.46. The van der Waals surface area contributed by atoms with Gasteiger partial charge in [-0.25, -0.2) is 14.8 Å². The van der Waals surface area contributed by atoms with Crippen LogP contribution in [0.15, 0.2) is 22.7 Å². The summed E-state index contributed by atoms with van der Waals surface area (Å²) < 4.78 is 6.18. The van der Waals surface area contributed by atoms with Crippen molar-refractivity contribution in [3.63, 3.8) is 0 Å². The molecule has 3 aromatic rings. The Kier molecular flexibility index (Phi) is 5.91. The van der Waals surface area contributed by atoms with Crippen LogP contribution in [0.5, 0.6) is 0 Å². The molecule has 1 aromatic carbocycles. The van der Waals surface area contributed by atoms with Crippen molar-refractivity contribution >= 4 is 56.0 Å². The number of thiazole rings is 2. The number of nitrogens with zero attached hydrogens (tertiary/aromatic N) is 3. The van der Waals surface area contributed by atoms with Crippen LogP contribution < -0.4 is 5.73 Å². The lowest BCUT2D eigenvalue weighted by molar-refractivity contribution is -0.179. The van der Waals surface area contributed by atoms with E-state index in [4.69, 9.17) is 15.3 Å². The van der Waals surface area contributed by atoms with E-state index in [0.29, 0.717) is 27.5 Å². The third-order valence-corrected chi connectivity index (χ3v) is 5.24. The van der Waals surface area contributed by atoms with Crippen LogP contribution >= 0.6 is 22.7 Å². The largest absolute Gasteiger partial charge is 0.457 e. The van der Waals surface area contributed by atoms with Crippen molar-refractivity contribution in [3.05, 3.63) is 28.6 Å². The maximum atomic E-state index is 12.9.